The number of amides is 1. The number of hydrogen-bond acceptors (Lipinski definition) is 3. The number of carbonyl (C=O) groups is 1. The topological polar surface area (TPSA) is 67.0 Å². The van der Waals surface area contributed by atoms with Gasteiger partial charge in [0.1, 0.15) is 6.10 Å². The Balaban J connectivity index is 1.89. The molecule has 0 saturated carbocycles. The SMILES string of the molecule is O=C(Nc1n[nH]c2ccc(C(F)(F)F)cc12)[C@@H]1CCCO1. The van der Waals surface area contributed by atoms with Crippen LogP contribution in [0, 0.1) is 0 Å². The van der Waals surface area contributed by atoms with Crippen molar-refractivity contribution in [3.8, 4) is 0 Å². The fourth-order valence-electron chi connectivity index (χ4n) is 2.27. The van der Waals surface area contributed by atoms with E-state index in [4.69, 9.17) is 4.74 Å². The molecule has 1 amide bonds. The molecular weight excluding hydrogens is 287 g/mol. The van der Waals surface area contributed by atoms with E-state index < -0.39 is 23.8 Å². The molecule has 0 aliphatic carbocycles. The maximum Gasteiger partial charge on any atom is 0.416 e. The van der Waals surface area contributed by atoms with Gasteiger partial charge in [0, 0.05) is 12.0 Å². The first-order valence-electron chi connectivity index (χ1n) is 6.43. The monoisotopic (exact) mass is 299 g/mol. The molecule has 1 aliphatic heterocycles. The van der Waals surface area contributed by atoms with Gasteiger partial charge in [0.05, 0.1) is 11.1 Å². The number of hydrogen-bond donors (Lipinski definition) is 2. The molecule has 1 fully saturated rings. The Kier molecular flexibility index (Phi) is 3.32. The lowest BCUT2D eigenvalue weighted by atomic mass is 10.1. The molecule has 1 aromatic heterocycles. The number of fused-ring (bicyclic) bond motifs is 1. The number of H-pyrrole nitrogens is 1. The Labute approximate surface area is 117 Å². The summed E-state index contributed by atoms with van der Waals surface area (Å²) < 4.78 is 43.4. The van der Waals surface area contributed by atoms with Crippen molar-refractivity contribution in [2.45, 2.75) is 25.1 Å². The molecule has 3 rings (SSSR count). The van der Waals surface area contributed by atoms with Crippen molar-refractivity contribution in [2.24, 2.45) is 0 Å². The van der Waals surface area contributed by atoms with Gasteiger partial charge in [-0.15, -0.1) is 0 Å². The minimum atomic E-state index is -4.44. The first kappa shape index (κ1) is 13.9. The quantitative estimate of drug-likeness (QED) is 0.896. The summed E-state index contributed by atoms with van der Waals surface area (Å²) >= 11 is 0. The van der Waals surface area contributed by atoms with E-state index >= 15 is 0 Å². The second-order valence-electron chi connectivity index (χ2n) is 4.82. The van der Waals surface area contributed by atoms with Crippen molar-refractivity contribution in [3.63, 3.8) is 0 Å². The predicted molar refractivity (Wildman–Crippen MR) is 68.7 cm³/mol. The molecule has 1 atom stereocenters. The highest BCUT2D eigenvalue weighted by molar-refractivity contribution is 6.01. The summed E-state index contributed by atoms with van der Waals surface area (Å²) in [5, 5.41) is 9.17. The van der Waals surface area contributed by atoms with Crippen LogP contribution in [0.5, 0.6) is 0 Å². The highest BCUT2D eigenvalue weighted by atomic mass is 19.4. The highest BCUT2D eigenvalue weighted by Crippen LogP contribution is 2.33. The summed E-state index contributed by atoms with van der Waals surface area (Å²) in [6, 6.07) is 3.21. The second kappa shape index (κ2) is 5.03. The number of nitrogens with one attached hydrogen (secondary N) is 2. The molecule has 2 aromatic rings. The average Bonchev–Trinajstić information content (AvgIpc) is 3.07. The third-order valence-electron chi connectivity index (χ3n) is 3.35. The molecule has 1 saturated heterocycles. The maximum absolute atomic E-state index is 12.7. The zero-order chi connectivity index (χ0) is 15.0. The van der Waals surface area contributed by atoms with Crippen molar-refractivity contribution in [1.82, 2.24) is 10.2 Å². The lowest BCUT2D eigenvalue weighted by Gasteiger charge is -2.09. The molecule has 5 nitrogen and oxygen atoms in total. The molecular formula is C13H12F3N3O2. The van der Waals surface area contributed by atoms with Crippen LogP contribution in [0.3, 0.4) is 0 Å². The van der Waals surface area contributed by atoms with Crippen LogP contribution in [0.4, 0.5) is 19.0 Å². The zero-order valence-electron chi connectivity index (χ0n) is 10.8. The Morgan fingerprint density at radius 2 is 2.24 bits per heavy atom. The van der Waals surface area contributed by atoms with Gasteiger partial charge in [-0.3, -0.25) is 9.89 Å². The zero-order valence-corrected chi connectivity index (χ0v) is 10.8. The van der Waals surface area contributed by atoms with Crippen LogP contribution in [0.2, 0.25) is 0 Å². The summed E-state index contributed by atoms with van der Waals surface area (Å²) in [7, 11) is 0. The lowest BCUT2D eigenvalue weighted by Crippen LogP contribution is -2.27. The third kappa shape index (κ3) is 2.71. The molecule has 112 valence electrons. The van der Waals surface area contributed by atoms with E-state index in [1.54, 1.807) is 0 Å². The van der Waals surface area contributed by atoms with E-state index in [9.17, 15) is 18.0 Å². The molecule has 2 N–H and O–H groups in total. The van der Waals surface area contributed by atoms with Gasteiger partial charge in [-0.1, -0.05) is 0 Å². The number of alkyl halides is 3. The van der Waals surface area contributed by atoms with Crippen molar-refractivity contribution in [2.75, 3.05) is 11.9 Å². The third-order valence-corrected chi connectivity index (χ3v) is 3.35. The molecule has 0 unspecified atom stereocenters. The Morgan fingerprint density at radius 1 is 1.43 bits per heavy atom. The summed E-state index contributed by atoms with van der Waals surface area (Å²) in [5.41, 5.74) is -0.366. The summed E-state index contributed by atoms with van der Waals surface area (Å²) in [6.45, 7) is 0.512. The van der Waals surface area contributed by atoms with Crippen LogP contribution < -0.4 is 5.32 Å². The van der Waals surface area contributed by atoms with E-state index in [0.29, 0.717) is 18.5 Å². The Hall–Kier alpha value is -2.09. The normalized spacial score (nSPS) is 19.1. The standard InChI is InChI=1S/C13H12F3N3O2/c14-13(15,16)7-3-4-9-8(6-7)11(19-18-9)17-12(20)10-2-1-5-21-10/h3-4,6,10H,1-2,5H2,(H2,17,18,19,20)/t10-/m0/s1. The summed E-state index contributed by atoms with van der Waals surface area (Å²) in [4.78, 5) is 11.9. The fraction of sp³-hybridized carbons (Fsp3) is 0.385. The van der Waals surface area contributed by atoms with E-state index in [2.05, 4.69) is 15.5 Å². The molecule has 21 heavy (non-hydrogen) atoms. The number of anilines is 1. The first-order valence-corrected chi connectivity index (χ1v) is 6.43. The summed E-state index contributed by atoms with van der Waals surface area (Å²) in [6.07, 6.45) is -3.62. The molecule has 2 heterocycles. The van der Waals surface area contributed by atoms with Crippen molar-refractivity contribution in [3.05, 3.63) is 23.8 Å². The maximum atomic E-state index is 12.7. The van der Waals surface area contributed by atoms with Crippen molar-refractivity contribution in [1.29, 1.82) is 0 Å². The van der Waals surface area contributed by atoms with Gasteiger partial charge in [0.2, 0.25) is 0 Å². The minimum absolute atomic E-state index is 0.0802. The molecule has 0 radical (unpaired) electrons. The first-order chi connectivity index (χ1) is 9.95. The van der Waals surface area contributed by atoms with E-state index in [0.717, 1.165) is 18.6 Å². The van der Waals surface area contributed by atoms with Gasteiger partial charge in [-0.05, 0) is 31.0 Å². The average molecular weight is 299 g/mol. The largest absolute Gasteiger partial charge is 0.416 e. The van der Waals surface area contributed by atoms with Gasteiger partial charge in [-0.2, -0.15) is 18.3 Å². The molecule has 1 aliphatic rings. The number of halogens is 3. The van der Waals surface area contributed by atoms with Crippen LogP contribution in [-0.2, 0) is 15.7 Å². The van der Waals surface area contributed by atoms with Gasteiger partial charge >= 0.3 is 6.18 Å². The number of rotatable bonds is 2. The number of carbonyl (C=O) groups excluding carboxylic acids is 1. The van der Waals surface area contributed by atoms with Crippen LogP contribution in [-0.4, -0.2) is 28.8 Å². The number of ether oxygens (including phenoxy) is 1. The molecule has 0 bridgehead atoms. The highest BCUT2D eigenvalue weighted by Gasteiger charge is 2.31. The Morgan fingerprint density at radius 3 is 2.90 bits per heavy atom. The van der Waals surface area contributed by atoms with E-state index in [-0.39, 0.29) is 11.2 Å². The predicted octanol–water partition coefficient (Wildman–Crippen LogP) is 2.70. The fourth-order valence-corrected chi connectivity index (χ4v) is 2.27. The molecule has 8 heteroatoms. The molecule has 1 aromatic carbocycles. The number of nitrogens with zero attached hydrogens (tertiary/aromatic N) is 1. The van der Waals surface area contributed by atoms with Crippen molar-refractivity contribution < 1.29 is 22.7 Å². The van der Waals surface area contributed by atoms with Crippen molar-refractivity contribution >= 4 is 22.6 Å². The van der Waals surface area contributed by atoms with Crippen LogP contribution in [0.15, 0.2) is 18.2 Å². The van der Waals surface area contributed by atoms with E-state index in [1.165, 1.54) is 6.07 Å². The van der Waals surface area contributed by atoms with E-state index in [1.807, 2.05) is 0 Å². The summed E-state index contributed by atoms with van der Waals surface area (Å²) in [5.74, 6) is -0.310. The second-order valence-corrected chi connectivity index (χ2v) is 4.82. The number of aromatic nitrogens is 2. The minimum Gasteiger partial charge on any atom is -0.368 e. The number of aromatic amines is 1. The lowest BCUT2D eigenvalue weighted by molar-refractivity contribution is -0.137. The van der Waals surface area contributed by atoms with Gasteiger partial charge in [0.15, 0.2) is 5.82 Å². The van der Waals surface area contributed by atoms with Crippen LogP contribution in [0.1, 0.15) is 18.4 Å². The smallest absolute Gasteiger partial charge is 0.368 e. The van der Waals surface area contributed by atoms with Gasteiger partial charge < -0.3 is 10.1 Å². The van der Waals surface area contributed by atoms with Crippen LogP contribution >= 0.6 is 0 Å². The van der Waals surface area contributed by atoms with Gasteiger partial charge in [-0.25, -0.2) is 0 Å². The number of benzene rings is 1. The van der Waals surface area contributed by atoms with Crippen LogP contribution in [0.25, 0.3) is 10.9 Å². The van der Waals surface area contributed by atoms with Gasteiger partial charge in [0.25, 0.3) is 5.91 Å². The molecule has 0 spiro atoms. The Bertz CT molecular complexity index is 675.